The van der Waals surface area contributed by atoms with Crippen LogP contribution in [0.4, 0.5) is 5.69 Å². The van der Waals surface area contributed by atoms with E-state index < -0.39 is 16.0 Å². The average Bonchev–Trinajstić information content (AvgIpc) is 3.26. The van der Waals surface area contributed by atoms with Gasteiger partial charge in [-0.25, -0.2) is 17.9 Å². The van der Waals surface area contributed by atoms with Gasteiger partial charge in [-0.05, 0) is 47.9 Å². The van der Waals surface area contributed by atoms with Crippen molar-refractivity contribution < 1.29 is 32.2 Å². The predicted octanol–water partition coefficient (Wildman–Crippen LogP) is 2.50. The summed E-state index contributed by atoms with van der Waals surface area (Å²) in [4.78, 5) is 25.0. The van der Waals surface area contributed by atoms with Crippen LogP contribution < -0.4 is 19.1 Å². The third-order valence-corrected chi connectivity index (χ3v) is 6.54. The summed E-state index contributed by atoms with van der Waals surface area (Å²) in [5.41, 5.74) is 1.85. The first kappa shape index (κ1) is 24.3. The Morgan fingerprint density at radius 1 is 1.15 bits per heavy atom. The number of benzene rings is 2. The fourth-order valence-electron chi connectivity index (χ4n) is 3.49. The highest BCUT2D eigenvalue weighted by Gasteiger charge is 2.25. The Kier molecular flexibility index (Phi) is 7.72. The van der Waals surface area contributed by atoms with Gasteiger partial charge in [0.2, 0.25) is 15.9 Å². The van der Waals surface area contributed by atoms with Crippen LogP contribution in [0.5, 0.6) is 11.5 Å². The highest BCUT2D eigenvalue weighted by atomic mass is 32.2. The van der Waals surface area contributed by atoms with Crippen molar-refractivity contribution in [2.75, 3.05) is 32.8 Å². The average molecular weight is 475 g/mol. The van der Waals surface area contributed by atoms with E-state index in [9.17, 15) is 18.0 Å². The summed E-state index contributed by atoms with van der Waals surface area (Å²) >= 11 is 0. The number of rotatable bonds is 9. The molecule has 1 saturated heterocycles. The molecule has 0 saturated carbocycles. The van der Waals surface area contributed by atoms with Crippen molar-refractivity contribution in [3.05, 3.63) is 53.6 Å². The van der Waals surface area contributed by atoms with Crippen LogP contribution in [0.1, 0.15) is 24.0 Å². The molecule has 1 aliphatic rings. The fourth-order valence-corrected chi connectivity index (χ4v) is 4.72. The summed E-state index contributed by atoms with van der Waals surface area (Å²) in [6.45, 7) is 0.656. The molecule has 0 aliphatic carbocycles. The highest BCUT2D eigenvalue weighted by molar-refractivity contribution is 7.89. The van der Waals surface area contributed by atoms with Crippen molar-refractivity contribution in [1.82, 2.24) is 4.72 Å². The van der Waals surface area contributed by atoms with E-state index in [4.69, 9.17) is 9.47 Å². The molecule has 0 aromatic heterocycles. The molecule has 10 heteroatoms. The van der Waals surface area contributed by atoms with Gasteiger partial charge in [0.05, 0.1) is 21.3 Å². The second-order valence-corrected chi connectivity index (χ2v) is 8.99. The quantitative estimate of drug-likeness (QED) is 0.439. The number of ether oxygens (including phenoxy) is 3. The summed E-state index contributed by atoms with van der Waals surface area (Å²) in [5.74, 6) is -0.291. The van der Waals surface area contributed by atoms with Crippen molar-refractivity contribution in [2.24, 2.45) is 0 Å². The molecule has 176 valence electrons. The van der Waals surface area contributed by atoms with Crippen LogP contribution in [0.15, 0.2) is 47.4 Å². The minimum absolute atomic E-state index is 0.00585. The molecule has 1 fully saturated rings. The molecular weight excluding hydrogens is 448 g/mol. The van der Waals surface area contributed by atoms with E-state index in [1.807, 2.05) is 6.07 Å². The predicted molar refractivity (Wildman–Crippen MR) is 123 cm³/mol. The normalized spacial score (nSPS) is 14.0. The van der Waals surface area contributed by atoms with Gasteiger partial charge in [0.1, 0.15) is 4.90 Å². The van der Waals surface area contributed by atoms with E-state index >= 15 is 0 Å². The van der Waals surface area contributed by atoms with Crippen molar-refractivity contribution in [3.8, 4) is 11.5 Å². The highest BCUT2D eigenvalue weighted by Crippen LogP contribution is 2.36. The van der Waals surface area contributed by atoms with Gasteiger partial charge in [0.25, 0.3) is 0 Å². The molecule has 1 amide bonds. The molecule has 1 aliphatic heterocycles. The topological polar surface area (TPSA) is 111 Å². The van der Waals surface area contributed by atoms with Crippen LogP contribution in [-0.2, 0) is 30.9 Å². The first-order valence-electron chi connectivity index (χ1n) is 10.2. The smallest absolute Gasteiger partial charge is 0.330 e. The van der Waals surface area contributed by atoms with Crippen molar-refractivity contribution in [2.45, 2.75) is 24.3 Å². The number of nitrogens with zero attached hydrogens (tertiary/aromatic N) is 1. The molecule has 0 atom stereocenters. The molecule has 2 aromatic rings. The van der Waals surface area contributed by atoms with E-state index in [1.54, 1.807) is 29.2 Å². The third-order valence-electron chi connectivity index (χ3n) is 5.13. The van der Waals surface area contributed by atoms with Gasteiger partial charge in [-0.3, -0.25) is 4.79 Å². The Morgan fingerprint density at radius 2 is 1.94 bits per heavy atom. The molecular formula is C23H26N2O7S. The minimum Gasteiger partial charge on any atom is -0.493 e. The maximum absolute atomic E-state index is 13.2. The molecule has 33 heavy (non-hydrogen) atoms. The van der Waals surface area contributed by atoms with Gasteiger partial charge < -0.3 is 19.1 Å². The van der Waals surface area contributed by atoms with Gasteiger partial charge in [0.15, 0.2) is 11.5 Å². The number of sulfonamides is 1. The Bertz CT molecular complexity index is 1180. The van der Waals surface area contributed by atoms with E-state index in [0.29, 0.717) is 24.1 Å². The van der Waals surface area contributed by atoms with Crippen LogP contribution in [0.2, 0.25) is 0 Å². The summed E-state index contributed by atoms with van der Waals surface area (Å²) < 4.78 is 44.1. The van der Waals surface area contributed by atoms with E-state index in [2.05, 4.69) is 9.46 Å². The van der Waals surface area contributed by atoms with Gasteiger partial charge in [-0.1, -0.05) is 12.1 Å². The second kappa shape index (κ2) is 10.5. The lowest BCUT2D eigenvalue weighted by Crippen LogP contribution is -2.25. The number of nitrogens with one attached hydrogen (secondary N) is 1. The van der Waals surface area contributed by atoms with Crippen LogP contribution in [0, 0.1) is 0 Å². The van der Waals surface area contributed by atoms with Gasteiger partial charge >= 0.3 is 5.97 Å². The summed E-state index contributed by atoms with van der Waals surface area (Å²) in [7, 11) is -0.0488. The molecule has 0 unspecified atom stereocenters. The lowest BCUT2D eigenvalue weighted by Gasteiger charge is -2.17. The van der Waals surface area contributed by atoms with Crippen molar-refractivity contribution in [3.63, 3.8) is 0 Å². The number of esters is 1. The lowest BCUT2D eigenvalue weighted by molar-refractivity contribution is -0.134. The Labute approximate surface area is 193 Å². The van der Waals surface area contributed by atoms with Crippen molar-refractivity contribution >= 4 is 33.7 Å². The van der Waals surface area contributed by atoms with E-state index in [-0.39, 0.29) is 28.8 Å². The number of hydrogen-bond donors (Lipinski definition) is 1. The standard InChI is InChI=1S/C23H26N2O7S/c1-30-19-13-16(9-10-22(27)31-2)14-20(23(19)32-3)33(28,29)24-15-17-6-4-7-18(12-17)25-11-5-8-21(25)26/h4,6-7,9-10,12-14,24H,5,8,11,15H2,1-3H3/b10-9+. The molecule has 2 aromatic carbocycles. The summed E-state index contributed by atoms with van der Waals surface area (Å²) in [5, 5.41) is 0. The van der Waals surface area contributed by atoms with Crippen LogP contribution in [0.25, 0.3) is 6.08 Å². The summed E-state index contributed by atoms with van der Waals surface area (Å²) in [6, 6.07) is 10.1. The minimum atomic E-state index is -4.03. The molecule has 9 nitrogen and oxygen atoms in total. The Morgan fingerprint density at radius 3 is 2.58 bits per heavy atom. The Hall–Kier alpha value is -3.37. The van der Waals surface area contributed by atoms with Crippen LogP contribution >= 0.6 is 0 Å². The maximum atomic E-state index is 13.2. The zero-order valence-corrected chi connectivity index (χ0v) is 19.5. The zero-order chi connectivity index (χ0) is 24.0. The lowest BCUT2D eigenvalue weighted by atomic mass is 10.2. The number of methoxy groups -OCH3 is 3. The van der Waals surface area contributed by atoms with Crippen LogP contribution in [0.3, 0.4) is 0 Å². The summed E-state index contributed by atoms with van der Waals surface area (Å²) in [6.07, 6.45) is 3.91. The Balaban J connectivity index is 1.88. The van der Waals surface area contributed by atoms with Gasteiger partial charge in [-0.15, -0.1) is 0 Å². The molecule has 0 radical (unpaired) electrons. The van der Waals surface area contributed by atoms with Gasteiger partial charge in [0, 0.05) is 31.3 Å². The maximum Gasteiger partial charge on any atom is 0.330 e. The van der Waals surface area contributed by atoms with E-state index in [1.165, 1.54) is 39.5 Å². The number of amides is 1. The van der Waals surface area contributed by atoms with Gasteiger partial charge in [-0.2, -0.15) is 0 Å². The molecule has 1 N–H and O–H groups in total. The molecule has 1 heterocycles. The van der Waals surface area contributed by atoms with E-state index in [0.717, 1.165) is 12.1 Å². The van der Waals surface area contributed by atoms with Crippen LogP contribution in [-0.4, -0.2) is 48.2 Å². The fraction of sp³-hybridized carbons (Fsp3) is 0.304. The first-order chi connectivity index (χ1) is 15.8. The first-order valence-corrected chi connectivity index (χ1v) is 11.7. The van der Waals surface area contributed by atoms with Crippen molar-refractivity contribution in [1.29, 1.82) is 0 Å². The monoisotopic (exact) mass is 474 g/mol. The second-order valence-electron chi connectivity index (χ2n) is 7.25. The SMILES string of the molecule is COC(=O)/C=C/c1cc(OC)c(OC)c(S(=O)(=O)NCc2cccc(N3CCCC3=O)c2)c1. The number of carbonyl (C=O) groups is 2. The number of carbonyl (C=O) groups excluding carboxylic acids is 2. The molecule has 3 rings (SSSR count). The molecule has 0 bridgehead atoms. The number of hydrogen-bond acceptors (Lipinski definition) is 7. The third kappa shape index (κ3) is 5.71. The largest absolute Gasteiger partial charge is 0.493 e. The number of anilines is 1. The molecule has 0 spiro atoms. The zero-order valence-electron chi connectivity index (χ0n) is 18.7.